The van der Waals surface area contributed by atoms with Crippen molar-refractivity contribution < 1.29 is 0 Å². The first kappa shape index (κ1) is 15.3. The van der Waals surface area contributed by atoms with Crippen molar-refractivity contribution in [2.75, 3.05) is 31.1 Å². The molecule has 1 unspecified atom stereocenters. The molecule has 22 heavy (non-hydrogen) atoms. The normalized spacial score (nSPS) is 17.5. The molecule has 0 radical (unpaired) electrons. The van der Waals surface area contributed by atoms with Crippen LogP contribution in [0.5, 0.6) is 0 Å². The minimum absolute atomic E-state index is 0.428. The van der Waals surface area contributed by atoms with Gasteiger partial charge >= 0.3 is 0 Å². The lowest BCUT2D eigenvalue weighted by Gasteiger charge is -2.38. The van der Waals surface area contributed by atoms with Crippen LogP contribution in [0.15, 0.2) is 42.9 Å². The van der Waals surface area contributed by atoms with Crippen LogP contribution in [0.3, 0.4) is 0 Å². The number of hydrogen-bond donors (Lipinski definition) is 0. The highest BCUT2D eigenvalue weighted by Gasteiger charge is 2.22. The van der Waals surface area contributed by atoms with E-state index in [0.717, 1.165) is 32.0 Å². The van der Waals surface area contributed by atoms with Gasteiger partial charge in [-0.25, -0.2) is 9.97 Å². The number of aromatic nitrogens is 2. The number of rotatable bonds is 4. The molecule has 1 atom stereocenters. The highest BCUT2D eigenvalue weighted by Crippen LogP contribution is 2.23. The predicted octanol–water partition coefficient (Wildman–Crippen LogP) is 3.10. The van der Waals surface area contributed by atoms with Crippen LogP contribution < -0.4 is 4.90 Å². The number of alkyl halides is 1. The topological polar surface area (TPSA) is 32.3 Å². The second-order valence-electron chi connectivity index (χ2n) is 5.64. The van der Waals surface area contributed by atoms with Crippen LogP contribution in [0.4, 0.5) is 5.82 Å². The van der Waals surface area contributed by atoms with Crippen LogP contribution in [0.25, 0.3) is 0 Å². The minimum Gasteiger partial charge on any atom is -0.354 e. The molecule has 4 nitrogen and oxygen atoms in total. The van der Waals surface area contributed by atoms with E-state index in [0.29, 0.717) is 11.9 Å². The quantitative estimate of drug-likeness (QED) is 0.811. The monoisotopic (exact) mass is 316 g/mol. The minimum atomic E-state index is 0.428. The zero-order valence-electron chi connectivity index (χ0n) is 12.8. The summed E-state index contributed by atoms with van der Waals surface area (Å²) in [6.45, 7) is 6.36. The summed E-state index contributed by atoms with van der Waals surface area (Å²) in [6.07, 6.45) is 3.42. The average molecular weight is 317 g/mol. The standard InChI is InChI=1S/C17H21ClN4/c1-14(16-4-2-15(12-18)3-5-16)21-8-10-22(11-9-21)17-6-7-19-13-20-17/h2-7,13-14H,8-12H2,1H3. The van der Waals surface area contributed by atoms with Crippen molar-refractivity contribution in [3.05, 3.63) is 54.0 Å². The SMILES string of the molecule is CC(c1ccc(CCl)cc1)N1CCN(c2ccncn2)CC1. The molecule has 1 saturated heterocycles. The molecule has 0 N–H and O–H groups in total. The number of halogens is 1. The molecule has 3 rings (SSSR count). The summed E-state index contributed by atoms with van der Waals surface area (Å²) < 4.78 is 0. The van der Waals surface area contributed by atoms with Crippen LogP contribution in [0, 0.1) is 0 Å². The number of piperazine rings is 1. The highest BCUT2D eigenvalue weighted by atomic mass is 35.5. The average Bonchev–Trinajstić information content (AvgIpc) is 2.62. The van der Waals surface area contributed by atoms with Crippen molar-refractivity contribution in [3.8, 4) is 0 Å². The molecular formula is C17H21ClN4. The molecule has 1 aromatic carbocycles. The second-order valence-corrected chi connectivity index (χ2v) is 5.91. The molecule has 1 aliphatic rings. The number of hydrogen-bond acceptors (Lipinski definition) is 4. The molecule has 0 aliphatic carbocycles. The van der Waals surface area contributed by atoms with E-state index in [1.807, 2.05) is 6.07 Å². The molecule has 0 saturated carbocycles. The van der Waals surface area contributed by atoms with E-state index >= 15 is 0 Å². The van der Waals surface area contributed by atoms with Gasteiger partial charge in [-0.15, -0.1) is 11.6 Å². The molecule has 0 bridgehead atoms. The van der Waals surface area contributed by atoms with E-state index in [9.17, 15) is 0 Å². The van der Waals surface area contributed by atoms with Gasteiger partial charge in [-0.1, -0.05) is 24.3 Å². The van der Waals surface area contributed by atoms with Crippen molar-refractivity contribution in [2.45, 2.75) is 18.8 Å². The lowest BCUT2D eigenvalue weighted by molar-refractivity contribution is 0.198. The van der Waals surface area contributed by atoms with Crippen LogP contribution in [0.1, 0.15) is 24.1 Å². The Bertz CT molecular complexity index is 579. The highest BCUT2D eigenvalue weighted by molar-refractivity contribution is 6.17. The maximum Gasteiger partial charge on any atom is 0.131 e. The van der Waals surface area contributed by atoms with Gasteiger partial charge in [0.15, 0.2) is 0 Å². The van der Waals surface area contributed by atoms with Gasteiger partial charge in [-0.2, -0.15) is 0 Å². The molecule has 1 aromatic heterocycles. The van der Waals surface area contributed by atoms with Crippen molar-refractivity contribution in [3.63, 3.8) is 0 Å². The van der Waals surface area contributed by atoms with Crippen molar-refractivity contribution in [2.24, 2.45) is 0 Å². The fourth-order valence-electron chi connectivity index (χ4n) is 2.91. The molecule has 1 fully saturated rings. The molecule has 2 aromatic rings. The van der Waals surface area contributed by atoms with Crippen molar-refractivity contribution >= 4 is 17.4 Å². The van der Waals surface area contributed by atoms with E-state index in [1.54, 1.807) is 12.5 Å². The zero-order valence-corrected chi connectivity index (χ0v) is 13.6. The largest absolute Gasteiger partial charge is 0.354 e. The number of nitrogens with zero attached hydrogens (tertiary/aromatic N) is 4. The summed E-state index contributed by atoms with van der Waals surface area (Å²) in [5.41, 5.74) is 2.52. The van der Waals surface area contributed by atoms with E-state index in [-0.39, 0.29) is 0 Å². The molecule has 0 spiro atoms. The van der Waals surface area contributed by atoms with E-state index in [1.165, 1.54) is 11.1 Å². The third kappa shape index (κ3) is 3.39. The molecular weight excluding hydrogens is 296 g/mol. The Balaban J connectivity index is 1.60. The van der Waals surface area contributed by atoms with Gasteiger partial charge in [0.05, 0.1) is 0 Å². The predicted molar refractivity (Wildman–Crippen MR) is 90.2 cm³/mol. The summed E-state index contributed by atoms with van der Waals surface area (Å²) in [5, 5.41) is 0. The lowest BCUT2D eigenvalue weighted by Crippen LogP contribution is -2.47. The lowest BCUT2D eigenvalue weighted by atomic mass is 10.0. The van der Waals surface area contributed by atoms with Gasteiger partial charge in [0, 0.05) is 44.3 Å². The summed E-state index contributed by atoms with van der Waals surface area (Å²) in [7, 11) is 0. The van der Waals surface area contributed by atoms with E-state index in [4.69, 9.17) is 11.6 Å². The Morgan fingerprint density at radius 3 is 2.41 bits per heavy atom. The summed E-state index contributed by atoms with van der Waals surface area (Å²) in [5.74, 6) is 1.60. The van der Waals surface area contributed by atoms with E-state index < -0.39 is 0 Å². The first-order valence-corrected chi connectivity index (χ1v) is 8.21. The van der Waals surface area contributed by atoms with Crippen LogP contribution in [0.2, 0.25) is 0 Å². The Morgan fingerprint density at radius 1 is 1.09 bits per heavy atom. The molecule has 116 valence electrons. The first-order valence-electron chi connectivity index (χ1n) is 7.68. The van der Waals surface area contributed by atoms with Gasteiger partial charge in [0.2, 0.25) is 0 Å². The maximum absolute atomic E-state index is 5.86. The summed E-state index contributed by atoms with van der Waals surface area (Å²) in [6, 6.07) is 11.0. The van der Waals surface area contributed by atoms with Crippen LogP contribution in [-0.2, 0) is 5.88 Å². The number of benzene rings is 1. The Labute approximate surface area is 136 Å². The summed E-state index contributed by atoms with van der Waals surface area (Å²) in [4.78, 5) is 13.2. The van der Waals surface area contributed by atoms with Gasteiger partial charge < -0.3 is 4.90 Å². The maximum atomic E-state index is 5.86. The fourth-order valence-corrected chi connectivity index (χ4v) is 3.08. The fraction of sp³-hybridized carbons (Fsp3) is 0.412. The van der Waals surface area contributed by atoms with Crippen molar-refractivity contribution in [1.29, 1.82) is 0 Å². The van der Waals surface area contributed by atoms with E-state index in [2.05, 4.69) is 51.0 Å². The Kier molecular flexibility index (Phi) is 4.90. The third-order valence-corrected chi connectivity index (χ3v) is 4.68. The smallest absolute Gasteiger partial charge is 0.131 e. The van der Waals surface area contributed by atoms with Gasteiger partial charge in [0.1, 0.15) is 12.1 Å². The Morgan fingerprint density at radius 2 is 1.82 bits per heavy atom. The molecule has 2 heterocycles. The first-order chi connectivity index (χ1) is 10.8. The summed E-state index contributed by atoms with van der Waals surface area (Å²) >= 11 is 5.86. The van der Waals surface area contributed by atoms with Gasteiger partial charge in [-0.05, 0) is 24.1 Å². The van der Waals surface area contributed by atoms with Crippen molar-refractivity contribution in [1.82, 2.24) is 14.9 Å². The van der Waals surface area contributed by atoms with Gasteiger partial charge in [0.25, 0.3) is 0 Å². The second kappa shape index (κ2) is 7.07. The number of anilines is 1. The van der Waals surface area contributed by atoms with Gasteiger partial charge in [-0.3, -0.25) is 4.90 Å². The zero-order chi connectivity index (χ0) is 15.4. The van der Waals surface area contributed by atoms with Crippen LogP contribution in [-0.4, -0.2) is 41.0 Å². The van der Waals surface area contributed by atoms with Crippen LogP contribution >= 0.6 is 11.6 Å². The molecule has 0 amide bonds. The molecule has 1 aliphatic heterocycles. The molecule has 5 heteroatoms. The Hall–Kier alpha value is -1.65. The third-order valence-electron chi connectivity index (χ3n) is 4.37.